The molecule has 0 saturated carbocycles. The van der Waals surface area contributed by atoms with Gasteiger partial charge < -0.3 is 5.32 Å². The number of hydrogen-bond acceptors (Lipinski definition) is 3. The number of nitrogens with zero attached hydrogens (tertiary/aromatic N) is 1. The maximum absolute atomic E-state index is 11.1. The molecular weight excluding hydrogens is 255 g/mol. The Hall–Kier alpha value is -0.320. The first-order chi connectivity index (χ1) is 7.00. The van der Waals surface area contributed by atoms with Gasteiger partial charge in [-0.25, -0.2) is 4.98 Å². The Bertz CT molecular complexity index is 373. The summed E-state index contributed by atoms with van der Waals surface area (Å²) in [4.78, 5) is 4.04. The molecule has 6 heteroatoms. The summed E-state index contributed by atoms with van der Waals surface area (Å²) in [7, 11) is -0.854. The molecule has 15 heavy (non-hydrogen) atoms. The van der Waals surface area contributed by atoms with Gasteiger partial charge >= 0.3 is 0 Å². The largest absolute Gasteiger partial charge is 0.368 e. The van der Waals surface area contributed by atoms with Gasteiger partial charge in [0, 0.05) is 35.0 Å². The van der Waals surface area contributed by atoms with Crippen molar-refractivity contribution >= 4 is 39.8 Å². The molecule has 2 unspecified atom stereocenters. The van der Waals surface area contributed by atoms with Gasteiger partial charge in [-0.15, -0.1) is 0 Å². The second-order valence-electron chi connectivity index (χ2n) is 3.17. The summed E-state index contributed by atoms with van der Waals surface area (Å²) in [6, 6.07) is 1.62. The number of hydrogen-bond donors (Lipinski definition) is 1. The quantitative estimate of drug-likeness (QED) is 0.911. The van der Waals surface area contributed by atoms with Crippen molar-refractivity contribution in [2.24, 2.45) is 0 Å². The zero-order chi connectivity index (χ0) is 11.4. The van der Waals surface area contributed by atoms with Gasteiger partial charge in [-0.2, -0.15) is 0 Å². The first-order valence-electron chi connectivity index (χ1n) is 4.38. The van der Waals surface area contributed by atoms with Crippen molar-refractivity contribution in [3.05, 3.63) is 22.3 Å². The van der Waals surface area contributed by atoms with E-state index in [1.54, 1.807) is 12.3 Å². The molecule has 2 atom stereocenters. The van der Waals surface area contributed by atoms with Crippen LogP contribution in [0.15, 0.2) is 12.3 Å². The van der Waals surface area contributed by atoms with E-state index >= 15 is 0 Å². The number of anilines is 1. The molecule has 1 aromatic heterocycles. The van der Waals surface area contributed by atoms with Crippen molar-refractivity contribution in [1.29, 1.82) is 0 Å². The molecule has 0 saturated heterocycles. The average molecular weight is 267 g/mol. The first-order valence-corrected chi connectivity index (χ1v) is 6.75. The highest BCUT2D eigenvalue weighted by molar-refractivity contribution is 7.84. The van der Waals surface area contributed by atoms with Crippen LogP contribution in [0.2, 0.25) is 10.0 Å². The van der Waals surface area contributed by atoms with E-state index in [2.05, 4.69) is 10.3 Å². The van der Waals surface area contributed by atoms with Crippen LogP contribution in [0.25, 0.3) is 0 Å². The van der Waals surface area contributed by atoms with E-state index in [9.17, 15) is 4.21 Å². The molecule has 0 amide bonds. The third-order valence-corrected chi connectivity index (χ3v) is 3.73. The molecule has 0 aliphatic carbocycles. The van der Waals surface area contributed by atoms with Gasteiger partial charge in [0.1, 0.15) is 5.82 Å². The summed E-state index contributed by atoms with van der Waals surface area (Å²) < 4.78 is 11.1. The molecule has 0 fully saturated rings. The van der Waals surface area contributed by atoms with Crippen LogP contribution in [0.5, 0.6) is 0 Å². The third-order valence-electron chi connectivity index (χ3n) is 1.93. The summed E-state index contributed by atoms with van der Waals surface area (Å²) in [5.41, 5.74) is 0. The predicted molar refractivity (Wildman–Crippen MR) is 66.3 cm³/mol. The van der Waals surface area contributed by atoms with Crippen LogP contribution in [-0.4, -0.2) is 27.2 Å². The number of aromatic nitrogens is 1. The molecule has 0 aromatic carbocycles. The SMILES string of the molecule is CC(CNc1ncc(Cl)cc1Cl)S(C)=O. The number of rotatable bonds is 4. The number of nitrogens with one attached hydrogen (secondary N) is 1. The summed E-state index contributed by atoms with van der Waals surface area (Å²) in [5.74, 6) is 0.568. The molecule has 0 aliphatic rings. The Kier molecular flexibility index (Phi) is 4.83. The van der Waals surface area contributed by atoms with Crippen molar-refractivity contribution in [1.82, 2.24) is 4.98 Å². The fourth-order valence-corrected chi connectivity index (χ4v) is 1.67. The summed E-state index contributed by atoms with van der Waals surface area (Å²) >= 11 is 11.6. The minimum absolute atomic E-state index is 0.0542. The topological polar surface area (TPSA) is 42.0 Å². The molecule has 3 nitrogen and oxygen atoms in total. The van der Waals surface area contributed by atoms with Crippen LogP contribution in [-0.2, 0) is 10.8 Å². The van der Waals surface area contributed by atoms with E-state index in [0.717, 1.165) is 0 Å². The molecule has 1 heterocycles. The van der Waals surface area contributed by atoms with Crippen molar-refractivity contribution in [2.75, 3.05) is 18.1 Å². The van der Waals surface area contributed by atoms with Gasteiger partial charge in [-0.3, -0.25) is 4.21 Å². The molecule has 0 spiro atoms. The fraction of sp³-hybridized carbons (Fsp3) is 0.444. The minimum atomic E-state index is -0.854. The van der Waals surface area contributed by atoms with E-state index in [-0.39, 0.29) is 5.25 Å². The van der Waals surface area contributed by atoms with Gasteiger partial charge in [0.25, 0.3) is 0 Å². The molecule has 1 rings (SSSR count). The summed E-state index contributed by atoms with van der Waals surface area (Å²) in [5, 5.41) is 4.05. The van der Waals surface area contributed by atoms with Crippen LogP contribution in [0, 0.1) is 0 Å². The molecule has 0 bridgehead atoms. The van der Waals surface area contributed by atoms with Crippen LogP contribution >= 0.6 is 23.2 Å². The highest BCUT2D eigenvalue weighted by Gasteiger charge is 2.08. The zero-order valence-corrected chi connectivity index (χ0v) is 10.8. The zero-order valence-electron chi connectivity index (χ0n) is 8.46. The van der Waals surface area contributed by atoms with Gasteiger partial charge in [0.05, 0.1) is 10.0 Å². The van der Waals surface area contributed by atoms with E-state index in [1.807, 2.05) is 6.92 Å². The Morgan fingerprint density at radius 3 is 2.80 bits per heavy atom. The Morgan fingerprint density at radius 2 is 2.27 bits per heavy atom. The van der Waals surface area contributed by atoms with Crippen LogP contribution < -0.4 is 5.32 Å². The maximum atomic E-state index is 11.1. The molecule has 1 aromatic rings. The van der Waals surface area contributed by atoms with Gasteiger partial charge in [-0.1, -0.05) is 23.2 Å². The lowest BCUT2D eigenvalue weighted by Crippen LogP contribution is -2.21. The smallest absolute Gasteiger partial charge is 0.144 e. The van der Waals surface area contributed by atoms with Crippen LogP contribution in [0.3, 0.4) is 0 Å². The number of pyridine rings is 1. The van der Waals surface area contributed by atoms with E-state index < -0.39 is 10.8 Å². The van der Waals surface area contributed by atoms with E-state index in [0.29, 0.717) is 22.4 Å². The predicted octanol–water partition coefficient (Wildman–Crippen LogP) is 2.57. The standard InChI is InChI=1S/C9H12Cl2N2OS/c1-6(15(2)14)4-12-9-8(11)3-7(10)5-13-9/h3,5-6H,4H2,1-2H3,(H,12,13). The molecule has 0 aliphatic heterocycles. The van der Waals surface area contributed by atoms with Crippen molar-refractivity contribution in [3.8, 4) is 0 Å². The minimum Gasteiger partial charge on any atom is -0.368 e. The third kappa shape index (κ3) is 3.97. The monoisotopic (exact) mass is 266 g/mol. The highest BCUT2D eigenvalue weighted by Crippen LogP contribution is 2.22. The van der Waals surface area contributed by atoms with Crippen molar-refractivity contribution in [3.63, 3.8) is 0 Å². The van der Waals surface area contributed by atoms with Crippen LogP contribution in [0.1, 0.15) is 6.92 Å². The summed E-state index contributed by atoms with van der Waals surface area (Å²) in [6.45, 7) is 2.46. The van der Waals surface area contributed by atoms with Gasteiger partial charge in [-0.05, 0) is 13.0 Å². The maximum Gasteiger partial charge on any atom is 0.144 e. The molecule has 84 valence electrons. The normalized spacial score (nSPS) is 14.7. The van der Waals surface area contributed by atoms with Gasteiger partial charge in [0.2, 0.25) is 0 Å². The lowest BCUT2D eigenvalue weighted by Gasteiger charge is -2.11. The van der Waals surface area contributed by atoms with Gasteiger partial charge in [0.15, 0.2) is 0 Å². The Labute approximate surface area is 102 Å². The fourth-order valence-electron chi connectivity index (χ4n) is 0.902. The van der Waals surface area contributed by atoms with Crippen molar-refractivity contribution in [2.45, 2.75) is 12.2 Å². The Morgan fingerprint density at radius 1 is 1.60 bits per heavy atom. The first kappa shape index (κ1) is 12.7. The summed E-state index contributed by atoms with van der Waals surface area (Å²) in [6.07, 6.45) is 3.19. The van der Waals surface area contributed by atoms with E-state index in [4.69, 9.17) is 23.2 Å². The van der Waals surface area contributed by atoms with Crippen molar-refractivity contribution < 1.29 is 4.21 Å². The average Bonchev–Trinajstić information content (AvgIpc) is 2.15. The Balaban J connectivity index is 2.62. The molecule has 1 N–H and O–H groups in total. The van der Waals surface area contributed by atoms with E-state index in [1.165, 1.54) is 6.20 Å². The lowest BCUT2D eigenvalue weighted by molar-refractivity contribution is 0.679. The second-order valence-corrected chi connectivity index (χ2v) is 5.82. The highest BCUT2D eigenvalue weighted by atomic mass is 35.5. The number of halogens is 2. The molecule has 0 radical (unpaired) electrons. The second kappa shape index (κ2) is 5.68. The van der Waals surface area contributed by atoms with Crippen LogP contribution in [0.4, 0.5) is 5.82 Å². The molecular formula is C9H12Cl2N2OS. The lowest BCUT2D eigenvalue weighted by atomic mass is 10.4.